The fourth-order valence-electron chi connectivity index (χ4n) is 3.10. The highest BCUT2D eigenvalue weighted by molar-refractivity contribution is 6.12. The summed E-state index contributed by atoms with van der Waals surface area (Å²) in [5.74, 6) is -1.03. The molecule has 4 nitrogen and oxygen atoms in total. The van der Waals surface area contributed by atoms with Crippen LogP contribution in [-0.2, 0) is 0 Å². The zero-order chi connectivity index (χ0) is 16.7. The first-order valence-electron chi connectivity index (χ1n) is 7.56. The first-order valence-corrected chi connectivity index (χ1v) is 7.56. The third kappa shape index (κ3) is 2.08. The van der Waals surface area contributed by atoms with Crippen molar-refractivity contribution in [3.05, 3.63) is 72.3 Å². The van der Waals surface area contributed by atoms with Crippen LogP contribution >= 0.6 is 0 Å². The van der Waals surface area contributed by atoms with E-state index in [4.69, 9.17) is 10.7 Å². The van der Waals surface area contributed by atoms with Crippen LogP contribution in [0.4, 0.5) is 5.69 Å². The summed E-state index contributed by atoms with van der Waals surface area (Å²) in [6.45, 7) is 0. The molecule has 116 valence electrons. The summed E-state index contributed by atoms with van der Waals surface area (Å²) in [7, 11) is 0. The van der Waals surface area contributed by atoms with E-state index in [0.29, 0.717) is 5.56 Å². The number of nitrogens with zero attached hydrogens (tertiary/aromatic N) is 1. The number of aromatic nitrogens is 1. The summed E-state index contributed by atoms with van der Waals surface area (Å²) in [6.07, 6.45) is 0. The highest BCUT2D eigenvalue weighted by Crippen LogP contribution is 2.38. The first-order chi connectivity index (χ1) is 11.7. The molecule has 0 aliphatic heterocycles. The molecule has 0 bridgehead atoms. The first kappa shape index (κ1) is 14.2. The largest absolute Gasteiger partial charge is 0.478 e. The monoisotopic (exact) mass is 314 g/mol. The van der Waals surface area contributed by atoms with Crippen LogP contribution in [0.1, 0.15) is 10.4 Å². The zero-order valence-corrected chi connectivity index (χ0v) is 12.7. The van der Waals surface area contributed by atoms with Gasteiger partial charge in [0.25, 0.3) is 0 Å². The van der Waals surface area contributed by atoms with Crippen LogP contribution in [0.25, 0.3) is 32.9 Å². The number of pyridine rings is 1. The summed E-state index contributed by atoms with van der Waals surface area (Å²) < 4.78 is 0. The average molecular weight is 314 g/mol. The molecule has 0 amide bonds. The number of rotatable bonds is 2. The minimum atomic E-state index is -1.03. The fourth-order valence-corrected chi connectivity index (χ4v) is 3.10. The lowest BCUT2D eigenvalue weighted by Crippen LogP contribution is -2.04. The Morgan fingerprint density at radius 3 is 2.00 bits per heavy atom. The Hall–Kier alpha value is -3.40. The predicted molar refractivity (Wildman–Crippen MR) is 96.1 cm³/mol. The Morgan fingerprint density at radius 1 is 0.833 bits per heavy atom. The molecule has 0 unspecified atom stereocenters. The van der Waals surface area contributed by atoms with Crippen molar-refractivity contribution < 1.29 is 9.90 Å². The average Bonchev–Trinajstić information content (AvgIpc) is 2.60. The van der Waals surface area contributed by atoms with Gasteiger partial charge in [-0.25, -0.2) is 9.78 Å². The van der Waals surface area contributed by atoms with Gasteiger partial charge in [0.05, 0.1) is 22.3 Å². The summed E-state index contributed by atoms with van der Waals surface area (Å²) in [5.41, 5.74) is 9.91. The number of carboxylic acids is 1. The van der Waals surface area contributed by atoms with E-state index >= 15 is 0 Å². The number of fused-ring (bicyclic) bond motifs is 2. The van der Waals surface area contributed by atoms with Gasteiger partial charge in [0.1, 0.15) is 0 Å². The van der Waals surface area contributed by atoms with Crippen LogP contribution < -0.4 is 5.73 Å². The number of para-hydroxylation sites is 3. The summed E-state index contributed by atoms with van der Waals surface area (Å²) in [6, 6.07) is 20.7. The van der Waals surface area contributed by atoms with Crippen molar-refractivity contribution >= 4 is 33.5 Å². The van der Waals surface area contributed by atoms with Crippen LogP contribution in [0.2, 0.25) is 0 Å². The molecular formula is C20H14N2O2. The summed E-state index contributed by atoms with van der Waals surface area (Å²) >= 11 is 0. The molecule has 4 aromatic rings. The van der Waals surface area contributed by atoms with Crippen molar-refractivity contribution in [1.29, 1.82) is 0 Å². The predicted octanol–water partition coefficient (Wildman–Crippen LogP) is 4.34. The van der Waals surface area contributed by atoms with Gasteiger partial charge in [0, 0.05) is 21.9 Å². The second-order valence-electron chi connectivity index (χ2n) is 5.59. The van der Waals surface area contributed by atoms with Gasteiger partial charge in [-0.2, -0.15) is 0 Å². The maximum absolute atomic E-state index is 11.4. The number of hydrogen-bond acceptors (Lipinski definition) is 3. The summed E-state index contributed by atoms with van der Waals surface area (Å²) in [4.78, 5) is 16.1. The number of nitrogen functional groups attached to an aromatic ring is 1. The van der Waals surface area contributed by atoms with E-state index in [1.165, 1.54) is 6.07 Å². The lowest BCUT2D eigenvalue weighted by molar-refractivity contribution is 0.0698. The van der Waals surface area contributed by atoms with Crippen LogP contribution in [0.5, 0.6) is 0 Å². The van der Waals surface area contributed by atoms with E-state index in [9.17, 15) is 9.90 Å². The molecule has 0 atom stereocenters. The Morgan fingerprint density at radius 2 is 1.42 bits per heavy atom. The second kappa shape index (κ2) is 5.35. The number of anilines is 1. The molecule has 0 saturated carbocycles. The maximum Gasteiger partial charge on any atom is 0.337 e. The van der Waals surface area contributed by atoms with Crippen LogP contribution in [0.15, 0.2) is 66.7 Å². The highest BCUT2D eigenvalue weighted by Gasteiger charge is 2.17. The van der Waals surface area contributed by atoms with Gasteiger partial charge in [0.2, 0.25) is 0 Å². The third-order valence-electron chi connectivity index (χ3n) is 4.19. The van der Waals surface area contributed by atoms with Crippen LogP contribution in [0.3, 0.4) is 0 Å². The molecule has 0 fully saturated rings. The number of aromatic carboxylic acids is 1. The van der Waals surface area contributed by atoms with E-state index in [2.05, 4.69) is 0 Å². The molecule has 3 N–H and O–H groups in total. The van der Waals surface area contributed by atoms with E-state index in [1.54, 1.807) is 6.07 Å². The molecular weight excluding hydrogens is 300 g/mol. The van der Waals surface area contributed by atoms with E-state index in [0.717, 1.165) is 27.4 Å². The minimum absolute atomic E-state index is 0.109. The molecule has 4 heteroatoms. The lowest BCUT2D eigenvalue weighted by Gasteiger charge is -2.14. The lowest BCUT2D eigenvalue weighted by atomic mass is 9.93. The molecule has 3 aromatic carbocycles. The normalized spacial score (nSPS) is 11.0. The van der Waals surface area contributed by atoms with E-state index < -0.39 is 5.97 Å². The number of carboxylic acid groups (broad SMARTS) is 1. The molecule has 24 heavy (non-hydrogen) atoms. The summed E-state index contributed by atoms with van der Waals surface area (Å²) in [5, 5.41) is 11.3. The SMILES string of the molecule is Nc1c(C(=O)O)cccc1-c1c2ccccc2nc2ccccc12. The maximum atomic E-state index is 11.4. The molecule has 1 aromatic heterocycles. The Bertz CT molecular complexity index is 1050. The second-order valence-corrected chi connectivity index (χ2v) is 5.59. The molecule has 0 radical (unpaired) electrons. The van der Waals surface area contributed by atoms with Gasteiger partial charge in [-0.05, 0) is 18.2 Å². The van der Waals surface area contributed by atoms with Crippen molar-refractivity contribution in [3.8, 4) is 11.1 Å². The minimum Gasteiger partial charge on any atom is -0.478 e. The number of hydrogen-bond donors (Lipinski definition) is 2. The molecule has 0 saturated heterocycles. The highest BCUT2D eigenvalue weighted by atomic mass is 16.4. The third-order valence-corrected chi connectivity index (χ3v) is 4.19. The van der Waals surface area contributed by atoms with Gasteiger partial charge in [-0.3, -0.25) is 0 Å². The smallest absolute Gasteiger partial charge is 0.337 e. The van der Waals surface area contributed by atoms with Crippen molar-refractivity contribution in [3.63, 3.8) is 0 Å². The number of nitrogens with two attached hydrogens (primary N) is 1. The Kier molecular flexibility index (Phi) is 3.17. The van der Waals surface area contributed by atoms with Crippen molar-refractivity contribution in [2.45, 2.75) is 0 Å². The topological polar surface area (TPSA) is 76.2 Å². The van der Waals surface area contributed by atoms with E-state index in [1.807, 2.05) is 54.6 Å². The van der Waals surface area contributed by atoms with Gasteiger partial charge in [-0.1, -0.05) is 48.5 Å². The quantitative estimate of drug-likeness (QED) is 0.426. The van der Waals surface area contributed by atoms with Gasteiger partial charge < -0.3 is 10.8 Å². The van der Waals surface area contributed by atoms with E-state index in [-0.39, 0.29) is 11.3 Å². The molecule has 4 rings (SSSR count). The molecule has 0 aliphatic carbocycles. The number of benzene rings is 3. The molecule has 1 heterocycles. The number of carbonyl (C=O) groups is 1. The fraction of sp³-hybridized carbons (Fsp3) is 0. The van der Waals surface area contributed by atoms with Crippen molar-refractivity contribution in [1.82, 2.24) is 4.98 Å². The van der Waals surface area contributed by atoms with Gasteiger partial charge in [-0.15, -0.1) is 0 Å². The van der Waals surface area contributed by atoms with Crippen molar-refractivity contribution in [2.24, 2.45) is 0 Å². The van der Waals surface area contributed by atoms with Crippen LogP contribution in [-0.4, -0.2) is 16.1 Å². The zero-order valence-electron chi connectivity index (χ0n) is 12.7. The molecule has 0 aliphatic rings. The van der Waals surface area contributed by atoms with Crippen molar-refractivity contribution in [2.75, 3.05) is 5.73 Å². The standard InChI is InChI=1S/C20H14N2O2/c21-19-14(8-5-9-15(19)20(23)24)18-12-6-1-3-10-16(12)22-17-11-4-2-7-13(17)18/h1-11H,21H2,(H,23,24). The van der Waals surface area contributed by atoms with Crippen LogP contribution in [0, 0.1) is 0 Å². The Balaban J connectivity index is 2.20. The molecule has 0 spiro atoms. The Labute approximate surface area is 138 Å². The van der Waals surface area contributed by atoms with Gasteiger partial charge >= 0.3 is 5.97 Å². The van der Waals surface area contributed by atoms with Gasteiger partial charge in [0.15, 0.2) is 0 Å².